The third kappa shape index (κ3) is 7.74. The summed E-state index contributed by atoms with van der Waals surface area (Å²) in [6, 6.07) is 19.8. The van der Waals surface area contributed by atoms with E-state index in [0.29, 0.717) is 42.3 Å². The Kier molecular flexibility index (Phi) is 9.79. The lowest BCUT2D eigenvalue weighted by atomic mass is 9.81. The molecule has 7 N–H and O–H groups in total. The maximum Gasteiger partial charge on any atom is 0.407 e. The zero-order valence-electron chi connectivity index (χ0n) is 28.3. The fourth-order valence-electron chi connectivity index (χ4n) is 6.57. The predicted molar refractivity (Wildman–Crippen MR) is 189 cm³/mol. The summed E-state index contributed by atoms with van der Waals surface area (Å²) in [5.74, 6) is -0.0690. The lowest BCUT2D eigenvalue weighted by molar-refractivity contribution is -0.127. The molecule has 1 saturated carbocycles. The third-order valence-electron chi connectivity index (χ3n) is 9.07. The molecule has 5 aromatic rings. The molecule has 1 aliphatic rings. The number of carbonyl (C=O) groups excluding carboxylic acids is 3. The molecule has 0 saturated heterocycles. The molecule has 50 heavy (non-hydrogen) atoms. The molecular formula is C36H42N10O4. The van der Waals surface area contributed by atoms with Gasteiger partial charge in [0.15, 0.2) is 5.82 Å². The van der Waals surface area contributed by atoms with Crippen LogP contribution in [0.4, 0.5) is 16.3 Å². The Morgan fingerprint density at radius 1 is 0.960 bits per heavy atom. The van der Waals surface area contributed by atoms with E-state index in [2.05, 4.69) is 36.1 Å². The fraction of sp³-hybridized carbons (Fsp3) is 0.361. The molecule has 0 unspecified atom stereocenters. The number of fused-ring (bicyclic) bond motifs is 1. The molecule has 0 radical (unpaired) electrons. The Morgan fingerprint density at radius 2 is 1.66 bits per heavy atom. The number of tetrazole rings is 1. The van der Waals surface area contributed by atoms with E-state index in [1.54, 1.807) is 29.2 Å². The minimum Gasteiger partial charge on any atom is -0.444 e. The minimum atomic E-state index is -0.955. The number of benzene rings is 3. The van der Waals surface area contributed by atoms with Gasteiger partial charge in [-0.25, -0.2) is 4.79 Å². The number of ether oxygens (including phenoxy) is 1. The number of amides is 3. The number of anilines is 2. The smallest absolute Gasteiger partial charge is 0.407 e. The molecule has 1 atom stereocenters. The summed E-state index contributed by atoms with van der Waals surface area (Å²) in [5, 5.41) is 24.9. The van der Waals surface area contributed by atoms with E-state index in [0.717, 1.165) is 40.4 Å². The van der Waals surface area contributed by atoms with Crippen molar-refractivity contribution in [2.24, 2.45) is 17.6 Å². The van der Waals surface area contributed by atoms with Crippen molar-refractivity contribution in [1.29, 1.82) is 0 Å². The summed E-state index contributed by atoms with van der Waals surface area (Å²) in [6.45, 7) is 5.94. The van der Waals surface area contributed by atoms with Gasteiger partial charge in [0.2, 0.25) is 17.6 Å². The van der Waals surface area contributed by atoms with Gasteiger partial charge in [0.1, 0.15) is 11.6 Å². The first kappa shape index (κ1) is 34.1. The zero-order valence-corrected chi connectivity index (χ0v) is 28.3. The van der Waals surface area contributed by atoms with Gasteiger partial charge in [-0.15, -0.1) is 10.2 Å². The van der Waals surface area contributed by atoms with E-state index in [1.165, 1.54) is 0 Å². The Morgan fingerprint density at radius 3 is 2.30 bits per heavy atom. The van der Waals surface area contributed by atoms with Crippen LogP contribution < -0.4 is 21.7 Å². The fourth-order valence-corrected chi connectivity index (χ4v) is 6.57. The van der Waals surface area contributed by atoms with Crippen LogP contribution >= 0.6 is 0 Å². The monoisotopic (exact) mass is 678 g/mol. The SMILES string of the molecule is CC(C)(C)OC(=O)NCC1CCC(C(=O)N(c2ccc(-c3nn[nH]n3)cc2)[C@@H](Cc2ccc(-c3cccc4[nH]nc(N)c34)cc2)C(N)=O)CC1. The maximum atomic E-state index is 14.4. The second-order valence-electron chi connectivity index (χ2n) is 13.7. The van der Waals surface area contributed by atoms with Crippen molar-refractivity contribution in [2.75, 3.05) is 17.2 Å². The van der Waals surface area contributed by atoms with Gasteiger partial charge in [-0.05, 0) is 105 Å². The van der Waals surface area contributed by atoms with Crippen LogP contribution in [0.1, 0.15) is 52.0 Å². The van der Waals surface area contributed by atoms with Gasteiger partial charge in [-0.3, -0.25) is 19.6 Å². The van der Waals surface area contributed by atoms with E-state index in [-0.39, 0.29) is 24.2 Å². The molecule has 260 valence electrons. The van der Waals surface area contributed by atoms with Crippen LogP contribution in [0.25, 0.3) is 33.4 Å². The summed E-state index contributed by atoms with van der Waals surface area (Å²) in [4.78, 5) is 41.4. The van der Waals surface area contributed by atoms with Crippen molar-refractivity contribution in [2.45, 2.75) is 64.5 Å². The number of alkyl carbamates (subject to hydrolysis) is 1. The topological polar surface area (TPSA) is 211 Å². The lowest BCUT2D eigenvalue weighted by Gasteiger charge is -2.36. The van der Waals surface area contributed by atoms with Gasteiger partial charge < -0.3 is 21.5 Å². The van der Waals surface area contributed by atoms with Crippen LogP contribution in [0, 0.1) is 11.8 Å². The Labute approximate surface area is 289 Å². The van der Waals surface area contributed by atoms with E-state index in [4.69, 9.17) is 16.2 Å². The number of carbonyl (C=O) groups is 3. The number of aromatic amines is 2. The van der Waals surface area contributed by atoms with Crippen molar-refractivity contribution in [3.63, 3.8) is 0 Å². The van der Waals surface area contributed by atoms with Crippen LogP contribution in [0.3, 0.4) is 0 Å². The molecule has 0 spiro atoms. The Hall–Kier alpha value is -5.79. The standard InChI is InChI=1S/C36H42N10O4/c1-36(2,3)50-35(49)39-20-22-9-13-25(14-10-22)34(48)46(26-17-15-24(16-18-26)33-42-44-45-43-33)29(32(38)47)19-21-7-11-23(12-8-21)27-5-4-6-28-30(27)31(37)41-40-28/h4-8,11-12,15-18,22,25,29H,9-10,13-14,19-20H2,1-3H3,(H2,38,47)(H,39,49)(H3,37,40,41)(H,42,43,44,45)/t22?,25?,29-/m0/s1. The Balaban J connectivity index is 1.22. The molecule has 14 nitrogen and oxygen atoms in total. The van der Waals surface area contributed by atoms with Crippen LogP contribution in [0.5, 0.6) is 0 Å². The van der Waals surface area contributed by atoms with Crippen molar-refractivity contribution in [3.05, 3.63) is 72.3 Å². The number of H-pyrrole nitrogens is 2. The van der Waals surface area contributed by atoms with E-state index in [9.17, 15) is 14.4 Å². The second kappa shape index (κ2) is 14.4. The predicted octanol–water partition coefficient (Wildman–Crippen LogP) is 4.75. The highest BCUT2D eigenvalue weighted by atomic mass is 16.6. The third-order valence-corrected chi connectivity index (χ3v) is 9.07. The second-order valence-corrected chi connectivity index (χ2v) is 13.7. The number of nitrogens with zero attached hydrogens (tertiary/aromatic N) is 5. The number of rotatable bonds is 10. The number of nitrogens with one attached hydrogen (secondary N) is 3. The van der Waals surface area contributed by atoms with Crippen molar-refractivity contribution >= 4 is 40.3 Å². The Bertz CT molecular complexity index is 1940. The highest BCUT2D eigenvalue weighted by Gasteiger charge is 2.36. The zero-order chi connectivity index (χ0) is 35.4. The summed E-state index contributed by atoms with van der Waals surface area (Å²) in [7, 11) is 0. The van der Waals surface area contributed by atoms with Gasteiger partial charge in [0, 0.05) is 30.1 Å². The largest absolute Gasteiger partial charge is 0.444 e. The van der Waals surface area contributed by atoms with Crippen molar-refractivity contribution in [3.8, 4) is 22.5 Å². The maximum absolute atomic E-state index is 14.4. The molecule has 1 aliphatic carbocycles. The summed E-state index contributed by atoms with van der Waals surface area (Å²) in [5.41, 5.74) is 16.4. The average molecular weight is 679 g/mol. The molecule has 14 heteroatoms. The summed E-state index contributed by atoms with van der Waals surface area (Å²) >= 11 is 0. The number of aromatic nitrogens is 6. The van der Waals surface area contributed by atoms with Crippen LogP contribution in [-0.4, -0.2) is 66.9 Å². The number of nitrogen functional groups attached to an aromatic ring is 1. The highest BCUT2D eigenvalue weighted by Crippen LogP contribution is 2.34. The van der Waals surface area contributed by atoms with E-state index in [1.807, 2.05) is 63.2 Å². The number of hydrogen-bond donors (Lipinski definition) is 5. The average Bonchev–Trinajstić information content (AvgIpc) is 3.78. The molecule has 2 aromatic heterocycles. The molecule has 3 aromatic carbocycles. The van der Waals surface area contributed by atoms with Crippen LogP contribution in [0.15, 0.2) is 66.7 Å². The molecule has 3 amide bonds. The molecular weight excluding hydrogens is 636 g/mol. The normalized spacial score (nSPS) is 16.9. The van der Waals surface area contributed by atoms with Crippen LogP contribution in [-0.2, 0) is 20.7 Å². The first-order valence-corrected chi connectivity index (χ1v) is 16.7. The molecule has 0 bridgehead atoms. The molecule has 2 heterocycles. The number of primary amides is 1. The van der Waals surface area contributed by atoms with Gasteiger partial charge in [-0.1, -0.05) is 36.4 Å². The number of hydrogen-bond acceptors (Lipinski definition) is 9. The lowest BCUT2D eigenvalue weighted by Crippen LogP contribution is -2.52. The molecule has 6 rings (SSSR count). The molecule has 0 aliphatic heterocycles. The van der Waals surface area contributed by atoms with E-state index >= 15 is 0 Å². The van der Waals surface area contributed by atoms with Gasteiger partial charge in [0.25, 0.3) is 0 Å². The van der Waals surface area contributed by atoms with Crippen LogP contribution in [0.2, 0.25) is 0 Å². The molecule has 1 fully saturated rings. The first-order valence-electron chi connectivity index (χ1n) is 16.7. The quantitative estimate of drug-likeness (QED) is 0.138. The summed E-state index contributed by atoms with van der Waals surface area (Å²) < 4.78 is 5.37. The minimum absolute atomic E-state index is 0.168. The van der Waals surface area contributed by atoms with Crippen molar-refractivity contribution in [1.82, 2.24) is 36.1 Å². The highest BCUT2D eigenvalue weighted by molar-refractivity contribution is 6.02. The van der Waals surface area contributed by atoms with Gasteiger partial charge in [-0.2, -0.15) is 10.3 Å². The summed E-state index contributed by atoms with van der Waals surface area (Å²) in [6.07, 6.45) is 2.47. The number of nitrogens with two attached hydrogens (primary N) is 2. The first-order chi connectivity index (χ1) is 24.0. The van der Waals surface area contributed by atoms with Gasteiger partial charge in [0.05, 0.1) is 10.9 Å². The van der Waals surface area contributed by atoms with Crippen molar-refractivity contribution < 1.29 is 19.1 Å². The van der Waals surface area contributed by atoms with E-state index < -0.39 is 23.6 Å². The van der Waals surface area contributed by atoms with Gasteiger partial charge >= 0.3 is 6.09 Å².